The van der Waals surface area contributed by atoms with Crippen molar-refractivity contribution in [3.05, 3.63) is 29.8 Å². The summed E-state index contributed by atoms with van der Waals surface area (Å²) in [5.74, 6) is -0.419. The molecule has 0 bridgehead atoms. The number of carbonyl (C=O) groups excluding carboxylic acids is 1. The first-order chi connectivity index (χ1) is 8.40. The lowest BCUT2D eigenvalue weighted by molar-refractivity contribution is 0.0947. The summed E-state index contributed by atoms with van der Waals surface area (Å²) in [6.07, 6.45) is 0. The zero-order chi connectivity index (χ0) is 13.8. The first kappa shape index (κ1) is 14.2. The van der Waals surface area contributed by atoms with Crippen molar-refractivity contribution in [1.82, 2.24) is 10.0 Å². The average Bonchev–Trinajstić information content (AvgIpc) is 2.38. The van der Waals surface area contributed by atoms with Gasteiger partial charge in [0.05, 0.1) is 11.0 Å². The van der Waals surface area contributed by atoms with E-state index < -0.39 is 22.0 Å². The van der Waals surface area contributed by atoms with Crippen LogP contribution in [0.3, 0.4) is 0 Å². The van der Waals surface area contributed by atoms with Crippen LogP contribution in [-0.4, -0.2) is 27.4 Å². The fourth-order valence-corrected chi connectivity index (χ4v) is 1.95. The van der Waals surface area contributed by atoms with Crippen molar-refractivity contribution in [1.29, 1.82) is 5.26 Å². The van der Waals surface area contributed by atoms with Crippen LogP contribution in [0.2, 0.25) is 0 Å². The maximum absolute atomic E-state index is 11.6. The third-order valence-corrected chi connectivity index (χ3v) is 3.67. The van der Waals surface area contributed by atoms with Crippen LogP contribution in [0.4, 0.5) is 0 Å². The van der Waals surface area contributed by atoms with Gasteiger partial charge in [0, 0.05) is 5.56 Å². The van der Waals surface area contributed by atoms with Gasteiger partial charge in [0.2, 0.25) is 10.0 Å². The quantitative estimate of drug-likeness (QED) is 0.816. The van der Waals surface area contributed by atoms with Crippen molar-refractivity contribution in [2.45, 2.75) is 17.9 Å². The van der Waals surface area contributed by atoms with Crippen LogP contribution in [-0.2, 0) is 10.0 Å². The molecule has 0 fully saturated rings. The van der Waals surface area contributed by atoms with Gasteiger partial charge in [-0.1, -0.05) is 0 Å². The van der Waals surface area contributed by atoms with Gasteiger partial charge in [0.1, 0.15) is 6.04 Å². The number of hydrogen-bond acceptors (Lipinski definition) is 4. The van der Waals surface area contributed by atoms with Gasteiger partial charge < -0.3 is 5.32 Å². The topological polar surface area (TPSA) is 99.1 Å². The van der Waals surface area contributed by atoms with E-state index in [-0.39, 0.29) is 4.90 Å². The van der Waals surface area contributed by atoms with E-state index in [0.29, 0.717) is 5.56 Å². The van der Waals surface area contributed by atoms with E-state index in [2.05, 4.69) is 10.0 Å². The normalized spacial score (nSPS) is 12.5. The lowest BCUT2D eigenvalue weighted by atomic mass is 10.2. The van der Waals surface area contributed by atoms with Crippen LogP contribution in [0.15, 0.2) is 29.2 Å². The molecule has 0 saturated carbocycles. The van der Waals surface area contributed by atoms with Crippen molar-refractivity contribution in [3.63, 3.8) is 0 Å². The SMILES string of the molecule is CNS(=O)(=O)c1ccc(C(=O)NC(C)C#N)cc1. The molecule has 0 spiro atoms. The highest BCUT2D eigenvalue weighted by Gasteiger charge is 2.13. The van der Waals surface area contributed by atoms with Crippen molar-refractivity contribution >= 4 is 15.9 Å². The first-order valence-corrected chi connectivity index (χ1v) is 6.63. The molecule has 0 heterocycles. The predicted octanol–water partition coefficient (Wildman–Crippen LogP) is 0.237. The number of nitriles is 1. The molecule has 1 aromatic carbocycles. The Morgan fingerprint density at radius 2 is 1.89 bits per heavy atom. The lowest BCUT2D eigenvalue weighted by Crippen LogP contribution is -2.31. The van der Waals surface area contributed by atoms with Gasteiger partial charge in [0.25, 0.3) is 5.91 Å². The second-order valence-electron chi connectivity index (χ2n) is 3.56. The molecule has 0 radical (unpaired) electrons. The molecule has 0 aliphatic carbocycles. The van der Waals surface area contributed by atoms with Crippen LogP contribution in [0.5, 0.6) is 0 Å². The zero-order valence-corrected chi connectivity index (χ0v) is 10.8. The van der Waals surface area contributed by atoms with Gasteiger partial charge in [0.15, 0.2) is 0 Å². The van der Waals surface area contributed by atoms with E-state index in [1.54, 1.807) is 6.92 Å². The van der Waals surface area contributed by atoms with E-state index in [0.717, 1.165) is 0 Å². The number of benzene rings is 1. The molecule has 7 heteroatoms. The second-order valence-corrected chi connectivity index (χ2v) is 5.44. The third-order valence-electron chi connectivity index (χ3n) is 2.24. The Bertz CT molecular complexity index is 573. The smallest absolute Gasteiger partial charge is 0.252 e. The van der Waals surface area contributed by atoms with Crippen molar-refractivity contribution in [2.75, 3.05) is 7.05 Å². The van der Waals surface area contributed by atoms with Crippen LogP contribution in [0, 0.1) is 11.3 Å². The van der Waals surface area contributed by atoms with Gasteiger partial charge in [-0.2, -0.15) is 5.26 Å². The van der Waals surface area contributed by atoms with Gasteiger partial charge in [-0.05, 0) is 38.2 Å². The van der Waals surface area contributed by atoms with E-state index in [1.165, 1.54) is 31.3 Å². The summed E-state index contributed by atoms with van der Waals surface area (Å²) in [5, 5.41) is 11.0. The van der Waals surface area contributed by atoms with Gasteiger partial charge in [-0.15, -0.1) is 0 Å². The third kappa shape index (κ3) is 3.29. The predicted molar refractivity (Wildman–Crippen MR) is 65.2 cm³/mol. The Labute approximate surface area is 106 Å². The summed E-state index contributed by atoms with van der Waals surface area (Å²) in [6, 6.07) is 6.72. The summed E-state index contributed by atoms with van der Waals surface area (Å²) in [7, 11) is -2.19. The highest BCUT2D eigenvalue weighted by Crippen LogP contribution is 2.10. The Morgan fingerprint density at radius 3 is 2.33 bits per heavy atom. The van der Waals surface area contributed by atoms with E-state index in [9.17, 15) is 13.2 Å². The molecule has 1 aromatic rings. The molecule has 1 unspecified atom stereocenters. The molecule has 1 atom stereocenters. The van der Waals surface area contributed by atoms with Crippen LogP contribution in [0.1, 0.15) is 17.3 Å². The molecular weight excluding hydrogens is 254 g/mol. The highest BCUT2D eigenvalue weighted by molar-refractivity contribution is 7.89. The van der Waals surface area contributed by atoms with E-state index in [4.69, 9.17) is 5.26 Å². The highest BCUT2D eigenvalue weighted by atomic mass is 32.2. The fraction of sp³-hybridized carbons (Fsp3) is 0.273. The van der Waals surface area contributed by atoms with Crippen molar-refractivity contribution in [2.24, 2.45) is 0 Å². The number of hydrogen-bond donors (Lipinski definition) is 2. The van der Waals surface area contributed by atoms with E-state index >= 15 is 0 Å². The second kappa shape index (κ2) is 5.62. The summed E-state index contributed by atoms with van der Waals surface area (Å²) in [6.45, 7) is 1.55. The summed E-state index contributed by atoms with van der Waals surface area (Å²) in [4.78, 5) is 11.7. The molecule has 1 rings (SSSR count). The summed E-state index contributed by atoms with van der Waals surface area (Å²) in [5.41, 5.74) is 0.298. The summed E-state index contributed by atoms with van der Waals surface area (Å²) >= 11 is 0. The monoisotopic (exact) mass is 267 g/mol. The standard InChI is InChI=1S/C11H13N3O3S/c1-8(7-12)14-11(15)9-3-5-10(6-4-9)18(16,17)13-2/h3-6,8,13H,1-2H3,(H,14,15). The molecular formula is C11H13N3O3S. The zero-order valence-electron chi connectivity index (χ0n) is 9.97. The van der Waals surface area contributed by atoms with Crippen LogP contribution < -0.4 is 10.0 Å². The minimum absolute atomic E-state index is 0.0786. The molecule has 1 amide bonds. The molecule has 0 aliphatic rings. The Morgan fingerprint density at radius 1 is 1.33 bits per heavy atom. The van der Waals surface area contributed by atoms with Crippen molar-refractivity contribution < 1.29 is 13.2 Å². The van der Waals surface area contributed by atoms with Crippen molar-refractivity contribution in [3.8, 4) is 6.07 Å². The Kier molecular flexibility index (Phi) is 4.42. The maximum Gasteiger partial charge on any atom is 0.252 e. The molecule has 0 aromatic heterocycles. The molecule has 18 heavy (non-hydrogen) atoms. The Balaban J connectivity index is 2.91. The van der Waals surface area contributed by atoms with Crippen LogP contribution in [0.25, 0.3) is 0 Å². The Hall–Kier alpha value is -1.91. The van der Waals surface area contributed by atoms with Gasteiger partial charge in [-0.25, -0.2) is 13.1 Å². The molecule has 0 aliphatic heterocycles. The number of nitrogens with one attached hydrogen (secondary N) is 2. The lowest BCUT2D eigenvalue weighted by Gasteiger charge is -2.07. The number of amides is 1. The average molecular weight is 267 g/mol. The summed E-state index contributed by atoms with van der Waals surface area (Å²) < 4.78 is 25.1. The van der Waals surface area contributed by atoms with Crippen LogP contribution >= 0.6 is 0 Å². The van der Waals surface area contributed by atoms with E-state index in [1.807, 2.05) is 6.07 Å². The largest absolute Gasteiger partial charge is 0.337 e. The minimum atomic E-state index is -3.50. The minimum Gasteiger partial charge on any atom is -0.337 e. The fourth-order valence-electron chi connectivity index (χ4n) is 1.22. The number of nitrogens with zero attached hydrogens (tertiary/aromatic N) is 1. The first-order valence-electron chi connectivity index (χ1n) is 5.15. The maximum atomic E-state index is 11.6. The molecule has 2 N–H and O–H groups in total. The molecule has 6 nitrogen and oxygen atoms in total. The van der Waals surface area contributed by atoms with Gasteiger partial charge >= 0.3 is 0 Å². The number of carbonyl (C=O) groups is 1. The number of sulfonamides is 1. The molecule has 96 valence electrons. The van der Waals surface area contributed by atoms with Gasteiger partial charge in [-0.3, -0.25) is 4.79 Å². The number of rotatable bonds is 4. The molecule has 0 saturated heterocycles.